The number of aromatic nitrogens is 8. The Hall–Kier alpha value is -2.35. The Morgan fingerprint density at radius 1 is 1.10 bits per heavy atom. The minimum absolute atomic E-state index is 0.427. The van der Waals surface area contributed by atoms with Crippen molar-refractivity contribution in [3.8, 4) is 32.6 Å². The van der Waals surface area contributed by atoms with Crippen molar-refractivity contribution in [3.63, 3.8) is 0 Å². The van der Waals surface area contributed by atoms with Gasteiger partial charge in [0, 0.05) is 33.7 Å². The lowest BCUT2D eigenvalue weighted by atomic mass is 10.1. The monoisotopic (exact) mass is 378 g/mol. The summed E-state index contributed by atoms with van der Waals surface area (Å²) in [5.41, 5.74) is 1.73. The third-order valence-corrected chi connectivity index (χ3v) is 2.87. The SMILES string of the molecule is IC#CCn1nnc(-c2ccc(-c3nn[nH]n3)cc2)n1. The molecule has 2 aromatic heterocycles. The van der Waals surface area contributed by atoms with Gasteiger partial charge < -0.3 is 0 Å². The fraction of sp³-hybridized carbons (Fsp3) is 0.0909. The van der Waals surface area contributed by atoms with Crippen LogP contribution in [-0.4, -0.2) is 40.8 Å². The number of nitrogens with zero attached hydrogens (tertiary/aromatic N) is 7. The second-order valence-corrected chi connectivity index (χ2v) is 4.27. The van der Waals surface area contributed by atoms with Crippen molar-refractivity contribution in [3.05, 3.63) is 24.3 Å². The lowest BCUT2D eigenvalue weighted by molar-refractivity contribution is 0.592. The maximum atomic E-state index is 4.25. The first-order valence-corrected chi connectivity index (χ1v) is 6.65. The normalized spacial score (nSPS) is 10.1. The number of tetrazole rings is 2. The molecule has 3 aromatic rings. The van der Waals surface area contributed by atoms with Crippen LogP contribution in [0.25, 0.3) is 22.8 Å². The van der Waals surface area contributed by atoms with Gasteiger partial charge in [-0.15, -0.1) is 20.4 Å². The van der Waals surface area contributed by atoms with Crippen LogP contribution in [0.3, 0.4) is 0 Å². The number of hydrogen-bond donors (Lipinski definition) is 1. The van der Waals surface area contributed by atoms with Crippen LogP contribution in [0.15, 0.2) is 24.3 Å². The van der Waals surface area contributed by atoms with Gasteiger partial charge in [0.2, 0.25) is 11.6 Å². The molecule has 3 rings (SSSR count). The van der Waals surface area contributed by atoms with Crippen molar-refractivity contribution in [2.45, 2.75) is 6.54 Å². The molecule has 0 aliphatic carbocycles. The summed E-state index contributed by atoms with van der Waals surface area (Å²) in [4.78, 5) is 1.45. The van der Waals surface area contributed by atoms with E-state index in [1.165, 1.54) is 4.80 Å². The summed E-state index contributed by atoms with van der Waals surface area (Å²) >= 11 is 1.97. The van der Waals surface area contributed by atoms with E-state index >= 15 is 0 Å². The summed E-state index contributed by atoms with van der Waals surface area (Å²) in [7, 11) is 0. The zero-order valence-electron chi connectivity index (χ0n) is 10.0. The predicted octanol–water partition coefficient (Wildman–Crippen LogP) is 0.916. The summed E-state index contributed by atoms with van der Waals surface area (Å²) in [5, 5.41) is 25.9. The highest BCUT2D eigenvalue weighted by Gasteiger charge is 2.07. The predicted molar refractivity (Wildman–Crippen MR) is 78.2 cm³/mol. The number of H-pyrrole nitrogens is 1. The Morgan fingerprint density at radius 2 is 1.85 bits per heavy atom. The smallest absolute Gasteiger partial charge is 0.177 e. The van der Waals surface area contributed by atoms with E-state index in [-0.39, 0.29) is 0 Å². The van der Waals surface area contributed by atoms with Gasteiger partial charge in [-0.05, 0) is 14.4 Å². The summed E-state index contributed by atoms with van der Waals surface area (Å²) in [6.45, 7) is 0.427. The summed E-state index contributed by atoms with van der Waals surface area (Å²) in [6.07, 6.45) is 0. The van der Waals surface area contributed by atoms with E-state index in [2.05, 4.69) is 45.9 Å². The minimum Gasteiger partial charge on any atom is -0.177 e. The Balaban J connectivity index is 1.83. The second-order valence-electron chi connectivity index (χ2n) is 3.73. The van der Waals surface area contributed by atoms with Crippen LogP contribution in [-0.2, 0) is 6.54 Å². The lowest BCUT2D eigenvalue weighted by Crippen LogP contribution is -2.00. The number of nitrogens with one attached hydrogen (secondary N) is 1. The van der Waals surface area contributed by atoms with Gasteiger partial charge in [-0.3, -0.25) is 0 Å². The highest BCUT2D eigenvalue weighted by molar-refractivity contribution is 14.1. The van der Waals surface area contributed by atoms with Gasteiger partial charge in [-0.25, -0.2) is 0 Å². The second kappa shape index (κ2) is 5.74. The van der Waals surface area contributed by atoms with Crippen LogP contribution >= 0.6 is 22.6 Å². The van der Waals surface area contributed by atoms with E-state index in [1.54, 1.807) is 0 Å². The van der Waals surface area contributed by atoms with Gasteiger partial charge in [0.25, 0.3) is 0 Å². The number of benzene rings is 1. The fourth-order valence-corrected chi connectivity index (χ4v) is 1.75. The summed E-state index contributed by atoms with van der Waals surface area (Å²) in [5.74, 6) is 3.97. The Kier molecular flexibility index (Phi) is 3.64. The molecule has 0 amide bonds. The molecule has 2 heterocycles. The third-order valence-electron chi connectivity index (χ3n) is 2.49. The van der Waals surface area contributed by atoms with Crippen molar-refractivity contribution in [1.29, 1.82) is 0 Å². The Morgan fingerprint density at radius 3 is 2.50 bits per heavy atom. The van der Waals surface area contributed by atoms with Crippen molar-refractivity contribution >= 4 is 22.6 Å². The molecule has 0 fully saturated rings. The van der Waals surface area contributed by atoms with Crippen molar-refractivity contribution in [1.82, 2.24) is 40.8 Å². The van der Waals surface area contributed by atoms with E-state index in [4.69, 9.17) is 0 Å². The number of halogens is 1. The molecule has 1 aromatic carbocycles. The zero-order chi connectivity index (χ0) is 13.8. The van der Waals surface area contributed by atoms with Gasteiger partial charge in [0.1, 0.15) is 6.54 Å². The third kappa shape index (κ3) is 2.64. The zero-order valence-corrected chi connectivity index (χ0v) is 12.2. The maximum Gasteiger partial charge on any atom is 0.204 e. The maximum absolute atomic E-state index is 4.25. The average molecular weight is 378 g/mol. The van der Waals surface area contributed by atoms with Crippen molar-refractivity contribution < 1.29 is 0 Å². The van der Waals surface area contributed by atoms with E-state index < -0.39 is 0 Å². The molecular formula is C11H7IN8. The molecule has 8 nitrogen and oxygen atoms in total. The highest BCUT2D eigenvalue weighted by atomic mass is 127. The molecule has 0 radical (unpaired) electrons. The van der Waals surface area contributed by atoms with E-state index in [0.29, 0.717) is 18.2 Å². The minimum atomic E-state index is 0.427. The molecule has 9 heteroatoms. The van der Waals surface area contributed by atoms with E-state index in [9.17, 15) is 0 Å². The van der Waals surface area contributed by atoms with Crippen LogP contribution in [0.4, 0.5) is 0 Å². The Labute approximate surface area is 127 Å². The number of hydrogen-bond acceptors (Lipinski definition) is 6. The lowest BCUT2D eigenvalue weighted by Gasteiger charge is -1.96. The molecule has 0 spiro atoms. The average Bonchev–Trinajstić information content (AvgIpc) is 3.17. The first-order valence-electron chi connectivity index (χ1n) is 5.57. The molecule has 0 saturated carbocycles. The molecule has 0 saturated heterocycles. The topological polar surface area (TPSA) is 98.1 Å². The first-order chi connectivity index (χ1) is 9.86. The quantitative estimate of drug-likeness (QED) is 0.538. The van der Waals surface area contributed by atoms with Crippen molar-refractivity contribution in [2.24, 2.45) is 0 Å². The molecule has 20 heavy (non-hydrogen) atoms. The standard InChI is InChI=1S/C11H7IN8/c12-6-1-7-20-16-11(15-19-20)9-4-2-8(3-5-9)10-13-17-18-14-10/h2-5H,7H2,(H,13,14,17,18). The molecule has 1 N–H and O–H groups in total. The Bertz CT molecular complexity index is 750. The van der Waals surface area contributed by atoms with E-state index in [1.807, 2.05) is 46.9 Å². The molecule has 0 bridgehead atoms. The summed E-state index contributed by atoms with van der Waals surface area (Å²) in [6, 6.07) is 7.53. The fourth-order valence-electron chi connectivity index (χ4n) is 1.58. The molecule has 0 aliphatic heterocycles. The van der Waals surface area contributed by atoms with Gasteiger partial charge in [-0.1, -0.05) is 30.2 Å². The van der Waals surface area contributed by atoms with Crippen molar-refractivity contribution in [2.75, 3.05) is 0 Å². The van der Waals surface area contributed by atoms with Crippen LogP contribution in [0, 0.1) is 9.85 Å². The highest BCUT2D eigenvalue weighted by Crippen LogP contribution is 2.19. The van der Waals surface area contributed by atoms with Gasteiger partial charge in [0.15, 0.2) is 0 Å². The number of rotatable bonds is 3. The molecule has 0 unspecified atom stereocenters. The molecule has 0 aliphatic rings. The summed E-state index contributed by atoms with van der Waals surface area (Å²) < 4.78 is 2.76. The van der Waals surface area contributed by atoms with Crippen LogP contribution in [0.2, 0.25) is 0 Å². The van der Waals surface area contributed by atoms with Gasteiger partial charge in [-0.2, -0.15) is 10.0 Å². The van der Waals surface area contributed by atoms with Crippen LogP contribution in [0.1, 0.15) is 0 Å². The van der Waals surface area contributed by atoms with Crippen LogP contribution in [0.5, 0.6) is 0 Å². The van der Waals surface area contributed by atoms with E-state index in [0.717, 1.165) is 11.1 Å². The largest absolute Gasteiger partial charge is 0.204 e. The molecule has 98 valence electrons. The number of aromatic amines is 1. The molecular weight excluding hydrogens is 371 g/mol. The first kappa shape index (κ1) is 12.7. The van der Waals surface area contributed by atoms with Gasteiger partial charge >= 0.3 is 0 Å². The molecule has 0 atom stereocenters. The van der Waals surface area contributed by atoms with Gasteiger partial charge in [0.05, 0.1) is 0 Å². The van der Waals surface area contributed by atoms with Crippen LogP contribution < -0.4 is 0 Å².